The van der Waals surface area contributed by atoms with E-state index in [4.69, 9.17) is 0 Å². The molecule has 0 aliphatic carbocycles. The van der Waals surface area contributed by atoms with Crippen LogP contribution in [0.5, 0.6) is 0 Å². The fourth-order valence-corrected chi connectivity index (χ4v) is 2.10. The van der Waals surface area contributed by atoms with Gasteiger partial charge in [0.15, 0.2) is 0 Å². The smallest absolute Gasteiger partial charge is 0.328 e. The van der Waals surface area contributed by atoms with E-state index in [-0.39, 0.29) is 11.6 Å². The summed E-state index contributed by atoms with van der Waals surface area (Å²) in [5.41, 5.74) is 1.80. The van der Waals surface area contributed by atoms with Crippen LogP contribution < -0.4 is 11.0 Å². The van der Waals surface area contributed by atoms with Gasteiger partial charge in [-0.2, -0.15) is 0 Å². The summed E-state index contributed by atoms with van der Waals surface area (Å²) < 4.78 is 3.35. The molecular weight excluding hydrogens is 230 g/mol. The lowest BCUT2D eigenvalue weighted by Crippen LogP contribution is -2.23. The van der Waals surface area contributed by atoms with Gasteiger partial charge in [-0.15, -0.1) is 0 Å². The van der Waals surface area contributed by atoms with Gasteiger partial charge >= 0.3 is 5.69 Å². The van der Waals surface area contributed by atoms with Crippen molar-refractivity contribution in [1.29, 1.82) is 0 Å². The van der Waals surface area contributed by atoms with E-state index in [1.807, 2.05) is 24.3 Å². The molecule has 96 valence electrons. The van der Waals surface area contributed by atoms with E-state index in [2.05, 4.69) is 5.32 Å². The zero-order valence-electron chi connectivity index (χ0n) is 10.6. The first-order valence-electron chi connectivity index (χ1n) is 6.00. The summed E-state index contributed by atoms with van der Waals surface area (Å²) in [4.78, 5) is 23.2. The van der Waals surface area contributed by atoms with Gasteiger partial charge in [0.25, 0.3) is 0 Å². The maximum atomic E-state index is 12.1. The third kappa shape index (κ3) is 2.16. The lowest BCUT2D eigenvalue weighted by Gasteiger charge is -2.02. The van der Waals surface area contributed by atoms with Crippen molar-refractivity contribution in [3.8, 4) is 0 Å². The van der Waals surface area contributed by atoms with Gasteiger partial charge in [-0.05, 0) is 18.6 Å². The molecule has 0 saturated carbocycles. The molecule has 0 atom stereocenters. The van der Waals surface area contributed by atoms with Crippen LogP contribution in [0, 0.1) is 0 Å². The molecule has 1 aromatic carbocycles. The predicted molar refractivity (Wildman–Crippen MR) is 70.5 cm³/mol. The second-order valence-electron chi connectivity index (χ2n) is 4.26. The molecule has 2 aromatic rings. The number of aromatic nitrogens is 2. The molecule has 0 saturated heterocycles. The first-order valence-corrected chi connectivity index (χ1v) is 6.00. The zero-order valence-corrected chi connectivity index (χ0v) is 10.6. The van der Waals surface area contributed by atoms with Gasteiger partial charge in [-0.25, -0.2) is 4.79 Å². The molecule has 0 fully saturated rings. The van der Waals surface area contributed by atoms with Gasteiger partial charge in [0.05, 0.1) is 11.0 Å². The molecular formula is C13H17N3O2. The highest BCUT2D eigenvalue weighted by Gasteiger charge is 2.09. The molecule has 2 rings (SSSR count). The second kappa shape index (κ2) is 5.08. The summed E-state index contributed by atoms with van der Waals surface area (Å²) >= 11 is 0. The van der Waals surface area contributed by atoms with Crippen molar-refractivity contribution in [2.45, 2.75) is 19.4 Å². The molecule has 1 amide bonds. The normalized spacial score (nSPS) is 10.8. The number of fused-ring (bicyclic) bond motifs is 1. The first kappa shape index (κ1) is 12.4. The fraction of sp³-hybridized carbons (Fsp3) is 0.385. The van der Waals surface area contributed by atoms with Crippen molar-refractivity contribution in [2.75, 3.05) is 7.05 Å². The molecule has 0 radical (unpaired) electrons. The lowest BCUT2D eigenvalue weighted by molar-refractivity contribution is -0.120. The van der Waals surface area contributed by atoms with Gasteiger partial charge in [-0.3, -0.25) is 13.9 Å². The molecule has 1 heterocycles. The van der Waals surface area contributed by atoms with E-state index in [9.17, 15) is 9.59 Å². The molecule has 5 nitrogen and oxygen atoms in total. The van der Waals surface area contributed by atoms with Crippen molar-refractivity contribution >= 4 is 16.9 Å². The van der Waals surface area contributed by atoms with Crippen molar-refractivity contribution in [2.24, 2.45) is 7.05 Å². The summed E-state index contributed by atoms with van der Waals surface area (Å²) in [6.45, 7) is 0.563. The number of aryl methyl sites for hydroxylation is 2. The van der Waals surface area contributed by atoms with E-state index < -0.39 is 0 Å². The van der Waals surface area contributed by atoms with Gasteiger partial charge in [0.1, 0.15) is 0 Å². The minimum atomic E-state index is -0.0342. The summed E-state index contributed by atoms with van der Waals surface area (Å²) in [5.74, 6) is 0.00304. The maximum absolute atomic E-state index is 12.1. The summed E-state index contributed by atoms with van der Waals surface area (Å²) in [6, 6.07) is 7.68. The third-order valence-electron chi connectivity index (χ3n) is 3.12. The number of hydrogen-bond donors (Lipinski definition) is 1. The Hall–Kier alpha value is -2.04. The molecule has 5 heteroatoms. The number of benzene rings is 1. The summed E-state index contributed by atoms with van der Waals surface area (Å²) in [7, 11) is 3.38. The highest BCUT2D eigenvalue weighted by molar-refractivity contribution is 5.76. The van der Waals surface area contributed by atoms with Crippen LogP contribution in [0.15, 0.2) is 29.1 Å². The third-order valence-corrected chi connectivity index (χ3v) is 3.12. The molecule has 0 spiro atoms. The maximum Gasteiger partial charge on any atom is 0.328 e. The van der Waals surface area contributed by atoms with E-state index in [1.165, 1.54) is 0 Å². The Kier molecular flexibility index (Phi) is 3.50. The molecule has 0 bridgehead atoms. The van der Waals surface area contributed by atoms with Gasteiger partial charge in [0, 0.05) is 27.1 Å². The number of hydrogen-bond acceptors (Lipinski definition) is 2. The molecule has 0 unspecified atom stereocenters. The van der Waals surface area contributed by atoms with Crippen LogP contribution in [0.2, 0.25) is 0 Å². The topological polar surface area (TPSA) is 56.0 Å². The Bertz CT molecular complexity index is 625. The Morgan fingerprint density at radius 1 is 1.28 bits per heavy atom. The van der Waals surface area contributed by atoms with E-state index >= 15 is 0 Å². The van der Waals surface area contributed by atoms with Gasteiger partial charge < -0.3 is 5.32 Å². The van der Waals surface area contributed by atoms with Crippen LogP contribution in [0.1, 0.15) is 12.8 Å². The number of carbonyl (C=O) groups excluding carboxylic acids is 1. The van der Waals surface area contributed by atoms with Crippen molar-refractivity contribution in [1.82, 2.24) is 14.5 Å². The van der Waals surface area contributed by atoms with Crippen LogP contribution in [0.4, 0.5) is 0 Å². The number of nitrogens with one attached hydrogen (secondary N) is 1. The monoisotopic (exact) mass is 247 g/mol. The average molecular weight is 247 g/mol. The number of nitrogens with zero attached hydrogens (tertiary/aromatic N) is 2. The molecule has 0 aliphatic rings. The largest absolute Gasteiger partial charge is 0.359 e. The van der Waals surface area contributed by atoms with Crippen LogP contribution in [0.3, 0.4) is 0 Å². The summed E-state index contributed by atoms with van der Waals surface area (Å²) in [5, 5.41) is 2.58. The zero-order chi connectivity index (χ0) is 13.1. The Morgan fingerprint density at radius 2 is 1.94 bits per heavy atom. The highest BCUT2D eigenvalue weighted by atomic mass is 16.2. The number of carbonyl (C=O) groups is 1. The Labute approximate surface area is 105 Å². The molecule has 1 N–H and O–H groups in total. The number of imidazole rings is 1. The number of rotatable bonds is 4. The second-order valence-corrected chi connectivity index (χ2v) is 4.26. The van der Waals surface area contributed by atoms with Gasteiger partial charge in [0.2, 0.25) is 5.91 Å². The average Bonchev–Trinajstić information content (AvgIpc) is 2.64. The molecule has 18 heavy (non-hydrogen) atoms. The highest BCUT2D eigenvalue weighted by Crippen LogP contribution is 2.12. The molecule has 0 aliphatic heterocycles. The van der Waals surface area contributed by atoms with Crippen LogP contribution in [0.25, 0.3) is 11.0 Å². The van der Waals surface area contributed by atoms with Crippen molar-refractivity contribution < 1.29 is 4.79 Å². The fourth-order valence-electron chi connectivity index (χ4n) is 2.10. The van der Waals surface area contributed by atoms with E-state index in [1.54, 1.807) is 23.2 Å². The van der Waals surface area contributed by atoms with Crippen molar-refractivity contribution in [3.05, 3.63) is 34.7 Å². The quantitative estimate of drug-likeness (QED) is 0.871. The SMILES string of the molecule is CNC(=O)CCCn1c(=O)n(C)c2ccccc21. The number of amides is 1. The Morgan fingerprint density at radius 3 is 2.61 bits per heavy atom. The number of para-hydroxylation sites is 2. The van der Waals surface area contributed by atoms with E-state index in [0.717, 1.165) is 11.0 Å². The van der Waals surface area contributed by atoms with E-state index in [0.29, 0.717) is 19.4 Å². The standard InChI is InChI=1S/C13H17N3O2/c1-14-12(17)8-5-9-16-11-7-4-3-6-10(11)15(2)13(16)18/h3-4,6-7H,5,8-9H2,1-2H3,(H,14,17). The minimum absolute atomic E-state index is 0.00304. The van der Waals surface area contributed by atoms with Crippen LogP contribution in [-0.4, -0.2) is 22.1 Å². The summed E-state index contributed by atoms with van der Waals surface area (Å²) in [6.07, 6.45) is 1.10. The van der Waals surface area contributed by atoms with Crippen LogP contribution in [-0.2, 0) is 18.4 Å². The first-order chi connectivity index (χ1) is 8.65. The van der Waals surface area contributed by atoms with Crippen molar-refractivity contribution in [3.63, 3.8) is 0 Å². The lowest BCUT2D eigenvalue weighted by atomic mass is 10.2. The van der Waals surface area contributed by atoms with Crippen LogP contribution >= 0.6 is 0 Å². The molecule has 1 aromatic heterocycles. The Balaban J connectivity index is 2.25. The van der Waals surface area contributed by atoms with Gasteiger partial charge in [-0.1, -0.05) is 12.1 Å². The minimum Gasteiger partial charge on any atom is -0.359 e. The predicted octanol–water partition coefficient (Wildman–Crippen LogP) is 0.866.